The van der Waals surface area contributed by atoms with E-state index >= 15 is 0 Å². The van der Waals surface area contributed by atoms with Gasteiger partial charge in [-0.25, -0.2) is 4.98 Å². The first-order valence-electron chi connectivity index (χ1n) is 6.68. The third-order valence-electron chi connectivity index (χ3n) is 4.03. The van der Waals surface area contributed by atoms with Gasteiger partial charge in [0.25, 0.3) is 0 Å². The summed E-state index contributed by atoms with van der Waals surface area (Å²) in [7, 11) is 0. The molecule has 2 aliphatic rings. The van der Waals surface area contributed by atoms with E-state index in [1.54, 1.807) is 11.3 Å². The number of nitrogens with zero attached hydrogens (tertiary/aromatic N) is 2. The van der Waals surface area contributed by atoms with Crippen molar-refractivity contribution in [3.8, 4) is 0 Å². The number of aromatic nitrogens is 1. The number of likely N-dealkylation sites (tertiary alicyclic amines) is 1. The van der Waals surface area contributed by atoms with Crippen LogP contribution in [0.15, 0.2) is 5.38 Å². The minimum absolute atomic E-state index is 0.789. The molecule has 94 valence electrons. The molecule has 0 aliphatic carbocycles. The quantitative estimate of drug-likeness (QED) is 0.871. The van der Waals surface area contributed by atoms with Gasteiger partial charge in [0, 0.05) is 31.1 Å². The second kappa shape index (κ2) is 5.04. The average molecular weight is 251 g/mol. The number of aryl methyl sites for hydroxylation is 1. The highest BCUT2D eigenvalue weighted by Crippen LogP contribution is 2.25. The molecule has 2 atom stereocenters. The zero-order valence-corrected chi connectivity index (χ0v) is 11.3. The van der Waals surface area contributed by atoms with Crippen LogP contribution in [-0.4, -0.2) is 35.6 Å². The molecule has 3 nitrogen and oxygen atoms in total. The Morgan fingerprint density at radius 1 is 1.53 bits per heavy atom. The topological polar surface area (TPSA) is 28.2 Å². The summed E-state index contributed by atoms with van der Waals surface area (Å²) in [6.07, 6.45) is 4.07. The van der Waals surface area contributed by atoms with Crippen molar-refractivity contribution in [3.05, 3.63) is 16.1 Å². The lowest BCUT2D eigenvalue weighted by molar-refractivity contribution is 0.108. The normalized spacial score (nSPS) is 30.2. The number of nitrogens with one attached hydrogen (secondary N) is 1. The molecular weight excluding hydrogens is 230 g/mol. The maximum atomic E-state index is 4.57. The van der Waals surface area contributed by atoms with Crippen molar-refractivity contribution in [1.82, 2.24) is 15.2 Å². The lowest BCUT2D eigenvalue weighted by atomic mass is 9.85. The number of thiazole rings is 1. The van der Waals surface area contributed by atoms with Gasteiger partial charge < -0.3 is 5.32 Å². The molecule has 3 heterocycles. The molecule has 17 heavy (non-hydrogen) atoms. The molecule has 1 aromatic rings. The van der Waals surface area contributed by atoms with Crippen molar-refractivity contribution >= 4 is 11.3 Å². The maximum absolute atomic E-state index is 4.57. The van der Waals surface area contributed by atoms with Gasteiger partial charge in [0.05, 0.1) is 10.7 Å². The summed E-state index contributed by atoms with van der Waals surface area (Å²) in [6, 6.07) is 0.789. The summed E-state index contributed by atoms with van der Waals surface area (Å²) >= 11 is 1.77. The van der Waals surface area contributed by atoms with Crippen LogP contribution in [0.1, 0.15) is 30.0 Å². The van der Waals surface area contributed by atoms with Crippen LogP contribution < -0.4 is 5.32 Å². The second-order valence-corrected chi connectivity index (χ2v) is 6.41. The van der Waals surface area contributed by atoms with Crippen molar-refractivity contribution in [2.75, 3.05) is 19.6 Å². The smallest absolute Gasteiger partial charge is 0.0897 e. The summed E-state index contributed by atoms with van der Waals surface area (Å²) in [6.45, 7) is 6.85. The Bertz CT molecular complexity index is 376. The van der Waals surface area contributed by atoms with Crippen LogP contribution in [0.5, 0.6) is 0 Å². The molecule has 1 N–H and O–H groups in total. The zero-order chi connectivity index (χ0) is 11.7. The average Bonchev–Trinajstić information content (AvgIpc) is 2.75. The fourth-order valence-corrected chi connectivity index (χ4v) is 3.78. The maximum Gasteiger partial charge on any atom is 0.0897 e. The largest absolute Gasteiger partial charge is 0.314 e. The summed E-state index contributed by atoms with van der Waals surface area (Å²) in [5.41, 5.74) is 1.26. The number of fused-ring (bicyclic) bond motifs is 1. The Balaban J connectivity index is 1.58. The van der Waals surface area contributed by atoms with Gasteiger partial charge in [0.2, 0.25) is 0 Å². The molecule has 4 heteroatoms. The Hall–Kier alpha value is -0.450. The molecule has 0 bridgehead atoms. The van der Waals surface area contributed by atoms with Gasteiger partial charge in [-0.1, -0.05) is 0 Å². The van der Waals surface area contributed by atoms with Crippen molar-refractivity contribution < 1.29 is 0 Å². The summed E-state index contributed by atoms with van der Waals surface area (Å²) < 4.78 is 0. The first kappa shape index (κ1) is 11.6. The van der Waals surface area contributed by atoms with Gasteiger partial charge in [-0.3, -0.25) is 4.90 Å². The molecule has 0 aromatic carbocycles. The fraction of sp³-hybridized carbons (Fsp3) is 0.769. The minimum Gasteiger partial charge on any atom is -0.314 e. The number of piperidine rings is 2. The second-order valence-electron chi connectivity index (χ2n) is 5.34. The van der Waals surface area contributed by atoms with Crippen LogP contribution in [0, 0.1) is 12.8 Å². The van der Waals surface area contributed by atoms with Gasteiger partial charge in [-0.2, -0.15) is 0 Å². The summed E-state index contributed by atoms with van der Waals surface area (Å²) in [5, 5.41) is 7.07. The third-order valence-corrected chi connectivity index (χ3v) is 4.85. The Kier molecular flexibility index (Phi) is 3.45. The molecule has 2 saturated heterocycles. The number of hydrogen-bond donors (Lipinski definition) is 1. The molecule has 3 rings (SSSR count). The Morgan fingerprint density at radius 2 is 2.47 bits per heavy atom. The van der Waals surface area contributed by atoms with E-state index in [4.69, 9.17) is 0 Å². The molecule has 2 unspecified atom stereocenters. The van der Waals surface area contributed by atoms with E-state index in [0.717, 1.165) is 18.5 Å². The van der Waals surface area contributed by atoms with Crippen molar-refractivity contribution in [1.29, 1.82) is 0 Å². The van der Waals surface area contributed by atoms with E-state index < -0.39 is 0 Å². The van der Waals surface area contributed by atoms with Crippen molar-refractivity contribution in [2.24, 2.45) is 5.92 Å². The van der Waals surface area contributed by atoms with E-state index in [1.807, 2.05) is 0 Å². The first-order valence-corrected chi connectivity index (χ1v) is 7.56. The molecule has 0 amide bonds. The van der Waals surface area contributed by atoms with Crippen LogP contribution in [0.2, 0.25) is 0 Å². The van der Waals surface area contributed by atoms with Gasteiger partial charge >= 0.3 is 0 Å². The molecule has 0 spiro atoms. The molecule has 2 aliphatic heterocycles. The third kappa shape index (κ3) is 2.69. The Labute approximate surface area is 107 Å². The lowest BCUT2D eigenvalue weighted by Crippen LogP contribution is -2.51. The molecule has 0 saturated carbocycles. The minimum atomic E-state index is 0.789. The highest BCUT2D eigenvalue weighted by atomic mass is 32.1. The zero-order valence-electron chi connectivity index (χ0n) is 10.5. The van der Waals surface area contributed by atoms with Crippen molar-refractivity contribution in [2.45, 2.75) is 38.8 Å². The predicted octanol–water partition coefficient (Wildman–Crippen LogP) is 2.03. The number of rotatable bonds is 2. The summed E-state index contributed by atoms with van der Waals surface area (Å²) in [5.74, 6) is 0.872. The van der Waals surface area contributed by atoms with E-state index in [-0.39, 0.29) is 0 Å². The van der Waals surface area contributed by atoms with Crippen LogP contribution in [-0.2, 0) is 6.54 Å². The van der Waals surface area contributed by atoms with E-state index in [0.29, 0.717) is 0 Å². The fourth-order valence-electron chi connectivity index (χ4n) is 3.17. The SMILES string of the molecule is Cc1nc(CN2CCC3NCCCC3C2)cs1. The van der Waals surface area contributed by atoms with Gasteiger partial charge in [-0.05, 0) is 38.6 Å². The molecular formula is C13H21N3S. The molecule has 0 radical (unpaired) electrons. The first-order chi connectivity index (χ1) is 8.31. The lowest BCUT2D eigenvalue weighted by Gasteiger charge is -2.41. The van der Waals surface area contributed by atoms with Crippen LogP contribution >= 0.6 is 11.3 Å². The molecule has 2 fully saturated rings. The van der Waals surface area contributed by atoms with Gasteiger partial charge in [0.1, 0.15) is 0 Å². The van der Waals surface area contributed by atoms with E-state index in [2.05, 4.69) is 27.5 Å². The highest BCUT2D eigenvalue weighted by Gasteiger charge is 2.30. The van der Waals surface area contributed by atoms with Crippen LogP contribution in [0.25, 0.3) is 0 Å². The van der Waals surface area contributed by atoms with E-state index in [9.17, 15) is 0 Å². The van der Waals surface area contributed by atoms with E-state index in [1.165, 1.54) is 49.6 Å². The monoisotopic (exact) mass is 251 g/mol. The predicted molar refractivity (Wildman–Crippen MR) is 71.3 cm³/mol. The molecule has 1 aromatic heterocycles. The van der Waals surface area contributed by atoms with Crippen LogP contribution in [0.4, 0.5) is 0 Å². The Morgan fingerprint density at radius 3 is 3.29 bits per heavy atom. The summed E-state index contributed by atoms with van der Waals surface area (Å²) in [4.78, 5) is 7.16. The van der Waals surface area contributed by atoms with Crippen LogP contribution in [0.3, 0.4) is 0 Å². The highest BCUT2D eigenvalue weighted by molar-refractivity contribution is 7.09. The van der Waals surface area contributed by atoms with Crippen molar-refractivity contribution in [3.63, 3.8) is 0 Å². The van der Waals surface area contributed by atoms with Gasteiger partial charge in [0.15, 0.2) is 0 Å². The number of hydrogen-bond acceptors (Lipinski definition) is 4. The van der Waals surface area contributed by atoms with Gasteiger partial charge in [-0.15, -0.1) is 11.3 Å². The standard InChI is InChI=1S/C13H21N3S/c1-10-15-12(9-17-10)8-16-6-4-13-11(7-16)3-2-5-14-13/h9,11,13-14H,2-8H2,1H3.